The van der Waals surface area contributed by atoms with Crippen molar-refractivity contribution in [3.05, 3.63) is 51.0 Å². The molecule has 0 spiro atoms. The Balaban J connectivity index is 2.31. The molecule has 128 valence electrons. The summed E-state index contributed by atoms with van der Waals surface area (Å²) in [6, 6.07) is 4.94. The van der Waals surface area contributed by atoms with E-state index in [-0.39, 0.29) is 11.6 Å². The van der Waals surface area contributed by atoms with E-state index in [0.717, 1.165) is 17.9 Å². The van der Waals surface area contributed by atoms with E-state index >= 15 is 0 Å². The lowest BCUT2D eigenvalue weighted by molar-refractivity contribution is -0.114. The number of allylic oxidation sites excluding steroid dienone is 2. The van der Waals surface area contributed by atoms with Gasteiger partial charge >= 0.3 is 0 Å². The Morgan fingerprint density at radius 1 is 1.38 bits per heavy atom. The number of hydrogen-bond donors (Lipinski definition) is 0. The van der Waals surface area contributed by atoms with Crippen molar-refractivity contribution < 1.29 is 14.3 Å². The second-order valence-corrected chi connectivity index (χ2v) is 6.70. The molecule has 0 aliphatic carbocycles. The molecular weight excluding hydrogens is 346 g/mol. The number of rotatable bonds is 7. The van der Waals surface area contributed by atoms with Crippen LogP contribution in [-0.4, -0.2) is 30.1 Å². The first-order valence-electron chi connectivity index (χ1n) is 7.72. The molecule has 4 nitrogen and oxygen atoms in total. The SMILES string of the molecule is CCCCN1C(C(C)=O)=CS/C1=C\C(=O)c1cc(Cl)ccc1OC. The number of Topliss-reactive ketones (excluding diaryl/α,β-unsaturated/α-hetero) is 1. The first-order chi connectivity index (χ1) is 11.5. The molecule has 0 bridgehead atoms. The summed E-state index contributed by atoms with van der Waals surface area (Å²) in [5, 5.41) is 3.02. The molecule has 1 aromatic rings. The van der Waals surface area contributed by atoms with Crippen LogP contribution in [-0.2, 0) is 4.79 Å². The minimum Gasteiger partial charge on any atom is -0.496 e. The number of carbonyl (C=O) groups excluding carboxylic acids is 2. The Morgan fingerprint density at radius 3 is 2.75 bits per heavy atom. The number of halogens is 1. The summed E-state index contributed by atoms with van der Waals surface area (Å²) in [6.07, 6.45) is 3.49. The van der Waals surface area contributed by atoms with E-state index in [1.165, 1.54) is 25.8 Å². The summed E-state index contributed by atoms with van der Waals surface area (Å²) >= 11 is 7.38. The summed E-state index contributed by atoms with van der Waals surface area (Å²) in [5.41, 5.74) is 1.04. The van der Waals surface area contributed by atoms with Crippen LogP contribution in [0.25, 0.3) is 0 Å². The van der Waals surface area contributed by atoms with Crippen molar-refractivity contribution in [2.75, 3.05) is 13.7 Å². The Kier molecular flexibility index (Phi) is 6.52. The quantitative estimate of drug-likeness (QED) is 0.519. The largest absolute Gasteiger partial charge is 0.496 e. The maximum Gasteiger partial charge on any atom is 0.192 e. The molecule has 0 unspecified atom stereocenters. The molecule has 1 aromatic carbocycles. The van der Waals surface area contributed by atoms with Gasteiger partial charge in [0.2, 0.25) is 0 Å². The van der Waals surface area contributed by atoms with Gasteiger partial charge in [-0.05, 0) is 24.6 Å². The van der Waals surface area contributed by atoms with Gasteiger partial charge in [-0.25, -0.2) is 0 Å². The third kappa shape index (κ3) is 4.22. The molecule has 0 aromatic heterocycles. The number of ketones is 2. The van der Waals surface area contributed by atoms with Crippen LogP contribution < -0.4 is 4.74 Å². The lowest BCUT2D eigenvalue weighted by atomic mass is 10.1. The van der Waals surface area contributed by atoms with Crippen molar-refractivity contribution in [3.8, 4) is 5.75 Å². The van der Waals surface area contributed by atoms with Gasteiger partial charge in [-0.3, -0.25) is 9.59 Å². The maximum atomic E-state index is 12.7. The molecule has 2 rings (SSSR count). The molecular formula is C18H20ClNO3S. The predicted octanol–water partition coefficient (Wildman–Crippen LogP) is 4.65. The average Bonchev–Trinajstić information content (AvgIpc) is 2.95. The van der Waals surface area contributed by atoms with Crippen LogP contribution in [0.4, 0.5) is 0 Å². The highest BCUT2D eigenvalue weighted by molar-refractivity contribution is 8.06. The van der Waals surface area contributed by atoms with E-state index in [1.807, 2.05) is 4.90 Å². The molecule has 0 saturated heterocycles. The fourth-order valence-corrected chi connectivity index (χ4v) is 3.55. The minimum atomic E-state index is -0.198. The van der Waals surface area contributed by atoms with Crippen LogP contribution in [0.15, 0.2) is 40.4 Å². The van der Waals surface area contributed by atoms with Crippen LogP contribution >= 0.6 is 23.4 Å². The van der Waals surface area contributed by atoms with Crippen LogP contribution in [0.2, 0.25) is 5.02 Å². The molecule has 0 amide bonds. The Bertz CT molecular complexity index is 712. The monoisotopic (exact) mass is 365 g/mol. The fourth-order valence-electron chi connectivity index (χ4n) is 2.36. The zero-order valence-electron chi connectivity index (χ0n) is 14.0. The molecule has 0 atom stereocenters. The summed E-state index contributed by atoms with van der Waals surface area (Å²) in [6.45, 7) is 4.34. The van der Waals surface area contributed by atoms with Crippen LogP contribution in [0.5, 0.6) is 5.75 Å². The number of benzene rings is 1. The van der Waals surface area contributed by atoms with Gasteiger partial charge in [-0.2, -0.15) is 0 Å². The number of carbonyl (C=O) groups is 2. The molecule has 0 radical (unpaired) electrons. The van der Waals surface area contributed by atoms with E-state index in [4.69, 9.17) is 16.3 Å². The minimum absolute atomic E-state index is 0.00483. The Hall–Kier alpha value is -1.72. The number of ether oxygens (including phenoxy) is 1. The summed E-state index contributed by atoms with van der Waals surface area (Å²) in [5.74, 6) is 0.274. The molecule has 1 heterocycles. The first kappa shape index (κ1) is 18.6. The number of unbranched alkanes of at least 4 members (excludes halogenated alkanes) is 1. The van der Waals surface area contributed by atoms with Crippen LogP contribution in [0, 0.1) is 0 Å². The normalized spacial score (nSPS) is 15.6. The van der Waals surface area contributed by atoms with Gasteiger partial charge in [0.05, 0.1) is 23.4 Å². The number of thioether (sulfide) groups is 1. The van der Waals surface area contributed by atoms with Crippen LogP contribution in [0.1, 0.15) is 37.0 Å². The first-order valence-corrected chi connectivity index (χ1v) is 8.98. The van der Waals surface area contributed by atoms with Gasteiger partial charge < -0.3 is 9.64 Å². The second-order valence-electron chi connectivity index (χ2n) is 5.37. The van der Waals surface area contributed by atoms with E-state index in [9.17, 15) is 9.59 Å². The lowest BCUT2D eigenvalue weighted by Gasteiger charge is -2.21. The van der Waals surface area contributed by atoms with Gasteiger partial charge in [-0.1, -0.05) is 36.7 Å². The highest BCUT2D eigenvalue weighted by atomic mass is 35.5. The van der Waals surface area contributed by atoms with Gasteiger partial charge in [-0.15, -0.1) is 0 Å². The van der Waals surface area contributed by atoms with Gasteiger partial charge in [0.15, 0.2) is 11.6 Å². The van der Waals surface area contributed by atoms with Crippen molar-refractivity contribution in [1.82, 2.24) is 4.90 Å². The highest BCUT2D eigenvalue weighted by Gasteiger charge is 2.25. The summed E-state index contributed by atoms with van der Waals surface area (Å²) in [4.78, 5) is 26.4. The van der Waals surface area contributed by atoms with Crippen LogP contribution in [0.3, 0.4) is 0 Å². The van der Waals surface area contributed by atoms with Gasteiger partial charge in [0.1, 0.15) is 5.75 Å². The zero-order valence-corrected chi connectivity index (χ0v) is 15.5. The molecule has 0 fully saturated rings. The fraction of sp³-hybridized carbons (Fsp3) is 0.333. The Morgan fingerprint density at radius 2 is 2.12 bits per heavy atom. The van der Waals surface area contributed by atoms with E-state index in [2.05, 4.69) is 6.92 Å². The predicted molar refractivity (Wildman–Crippen MR) is 98.4 cm³/mol. The van der Waals surface area contributed by atoms with Crippen molar-refractivity contribution in [2.24, 2.45) is 0 Å². The molecule has 0 N–H and O–H groups in total. The Labute approximate surface area is 151 Å². The van der Waals surface area contributed by atoms with Crippen molar-refractivity contribution in [1.29, 1.82) is 0 Å². The van der Waals surface area contributed by atoms with Crippen molar-refractivity contribution >= 4 is 34.9 Å². The number of hydrogen-bond acceptors (Lipinski definition) is 5. The van der Waals surface area contributed by atoms with E-state index < -0.39 is 0 Å². The maximum absolute atomic E-state index is 12.7. The molecule has 1 aliphatic rings. The topological polar surface area (TPSA) is 46.6 Å². The highest BCUT2D eigenvalue weighted by Crippen LogP contribution is 2.36. The summed E-state index contributed by atoms with van der Waals surface area (Å²) in [7, 11) is 1.51. The third-order valence-electron chi connectivity index (χ3n) is 3.63. The second kappa shape index (κ2) is 8.40. The number of nitrogens with zero attached hydrogens (tertiary/aromatic N) is 1. The molecule has 6 heteroatoms. The standard InChI is InChI=1S/C18H20ClNO3S/c1-4-5-8-20-15(12(2)21)11-24-18(20)10-16(22)14-9-13(19)6-7-17(14)23-3/h6-7,9-11H,4-5,8H2,1-3H3/b18-10-. The van der Waals surface area contributed by atoms with Gasteiger partial charge in [0.25, 0.3) is 0 Å². The third-order valence-corrected chi connectivity index (χ3v) is 4.78. The van der Waals surface area contributed by atoms with Crippen molar-refractivity contribution in [2.45, 2.75) is 26.7 Å². The molecule has 24 heavy (non-hydrogen) atoms. The zero-order chi connectivity index (χ0) is 17.7. The molecule has 0 saturated carbocycles. The molecule has 1 aliphatic heterocycles. The van der Waals surface area contributed by atoms with Gasteiger partial charge in [0, 0.05) is 30.0 Å². The lowest BCUT2D eigenvalue weighted by Crippen LogP contribution is -2.23. The van der Waals surface area contributed by atoms with E-state index in [0.29, 0.717) is 28.6 Å². The summed E-state index contributed by atoms with van der Waals surface area (Å²) < 4.78 is 5.24. The average molecular weight is 366 g/mol. The van der Waals surface area contributed by atoms with E-state index in [1.54, 1.807) is 29.7 Å². The smallest absolute Gasteiger partial charge is 0.192 e. The van der Waals surface area contributed by atoms with Crippen molar-refractivity contribution in [3.63, 3.8) is 0 Å². The number of methoxy groups -OCH3 is 1.